The zero-order chi connectivity index (χ0) is 22.6. The summed E-state index contributed by atoms with van der Waals surface area (Å²) in [5.41, 5.74) is 0.515. The van der Waals surface area contributed by atoms with Gasteiger partial charge in [0.05, 0.1) is 28.8 Å². The number of pyridine rings is 1. The fraction of sp³-hybridized carbons (Fsp3) is 0.100. The maximum Gasteiger partial charge on any atom is 0.435 e. The smallest absolute Gasteiger partial charge is 0.338 e. The third kappa shape index (κ3) is 3.20. The molecule has 1 aliphatic rings. The molecular formula is C20H12F5N7. The highest BCUT2D eigenvalue weighted by Gasteiger charge is 2.34. The number of fused-ring (bicyclic) bond motifs is 3. The lowest BCUT2D eigenvalue weighted by Crippen LogP contribution is -2.17. The predicted octanol–water partition coefficient (Wildman–Crippen LogP) is 4.77. The van der Waals surface area contributed by atoms with Crippen molar-refractivity contribution in [2.45, 2.75) is 13.1 Å². The molecule has 0 unspecified atom stereocenters. The number of amidine groups is 1. The first kappa shape index (κ1) is 19.8. The summed E-state index contributed by atoms with van der Waals surface area (Å²) in [6.45, 7) is 1.66. The molecule has 0 fully saturated rings. The summed E-state index contributed by atoms with van der Waals surface area (Å²) >= 11 is 0. The molecule has 0 saturated carbocycles. The number of nitrogens with one attached hydrogen (secondary N) is 2. The maximum atomic E-state index is 14.4. The van der Waals surface area contributed by atoms with Gasteiger partial charge in [0, 0.05) is 11.8 Å². The van der Waals surface area contributed by atoms with Crippen molar-refractivity contribution in [2.75, 3.05) is 5.32 Å². The van der Waals surface area contributed by atoms with Crippen LogP contribution in [-0.2, 0) is 6.18 Å². The molecule has 2 N–H and O–H groups in total. The number of hydrogen-bond donors (Lipinski definition) is 2. The third-order valence-corrected chi connectivity index (χ3v) is 4.86. The third-order valence-electron chi connectivity index (χ3n) is 4.86. The van der Waals surface area contributed by atoms with Crippen LogP contribution in [0.2, 0.25) is 0 Å². The van der Waals surface area contributed by atoms with Crippen LogP contribution in [0.4, 0.5) is 33.3 Å². The van der Waals surface area contributed by atoms with Crippen molar-refractivity contribution in [3.8, 4) is 17.1 Å². The fourth-order valence-corrected chi connectivity index (χ4v) is 3.34. The first-order valence-electron chi connectivity index (χ1n) is 9.21. The van der Waals surface area contributed by atoms with Crippen LogP contribution >= 0.6 is 0 Å². The van der Waals surface area contributed by atoms with Crippen molar-refractivity contribution < 1.29 is 22.0 Å². The highest BCUT2D eigenvalue weighted by molar-refractivity contribution is 6.13. The molecule has 0 saturated heterocycles. The Morgan fingerprint density at radius 1 is 1.06 bits per heavy atom. The molecule has 1 aliphatic heterocycles. The lowest BCUT2D eigenvalue weighted by molar-refractivity contribution is -0.141. The summed E-state index contributed by atoms with van der Waals surface area (Å²) in [4.78, 5) is 8.52. The molecule has 4 heterocycles. The lowest BCUT2D eigenvalue weighted by Gasteiger charge is -2.12. The SMILES string of the molecule is Cc1n[nH]c2c1N=C(c1c(F)cccc1F)Nc1cnc(-n3ccc(C(F)(F)F)n3)cc1-2. The number of aromatic amines is 1. The van der Waals surface area contributed by atoms with Gasteiger partial charge in [0.25, 0.3) is 0 Å². The molecule has 12 heteroatoms. The van der Waals surface area contributed by atoms with Gasteiger partial charge >= 0.3 is 6.18 Å². The summed E-state index contributed by atoms with van der Waals surface area (Å²) in [7, 11) is 0. The van der Waals surface area contributed by atoms with Gasteiger partial charge in [0.2, 0.25) is 0 Å². The van der Waals surface area contributed by atoms with Crippen LogP contribution in [0.15, 0.2) is 47.7 Å². The van der Waals surface area contributed by atoms with Gasteiger partial charge in [0.1, 0.15) is 23.2 Å². The zero-order valence-electron chi connectivity index (χ0n) is 16.2. The molecule has 32 heavy (non-hydrogen) atoms. The fourth-order valence-electron chi connectivity index (χ4n) is 3.34. The molecule has 5 rings (SSSR count). The molecule has 0 aliphatic carbocycles. The van der Waals surface area contributed by atoms with Crippen LogP contribution in [0, 0.1) is 18.6 Å². The van der Waals surface area contributed by atoms with Gasteiger partial charge < -0.3 is 5.32 Å². The van der Waals surface area contributed by atoms with Crippen molar-refractivity contribution >= 4 is 17.2 Å². The number of aliphatic imine (C=N–C) groups is 1. The van der Waals surface area contributed by atoms with E-state index in [-0.39, 0.29) is 17.2 Å². The van der Waals surface area contributed by atoms with E-state index in [1.807, 2.05) is 0 Å². The first-order chi connectivity index (χ1) is 15.2. The molecule has 1 aromatic carbocycles. The molecular weight excluding hydrogens is 433 g/mol. The Bertz CT molecular complexity index is 1360. The van der Waals surface area contributed by atoms with Crippen molar-refractivity contribution in [3.63, 3.8) is 0 Å². The highest BCUT2D eigenvalue weighted by Crippen LogP contribution is 2.39. The average molecular weight is 445 g/mol. The number of benzene rings is 1. The molecule has 0 spiro atoms. The molecule has 7 nitrogen and oxygen atoms in total. The minimum Gasteiger partial charge on any atom is -0.338 e. The summed E-state index contributed by atoms with van der Waals surface area (Å²) in [6, 6.07) is 5.76. The zero-order valence-corrected chi connectivity index (χ0v) is 16.2. The highest BCUT2D eigenvalue weighted by atomic mass is 19.4. The van der Waals surface area contributed by atoms with Crippen molar-refractivity contribution in [1.29, 1.82) is 0 Å². The van der Waals surface area contributed by atoms with E-state index in [1.165, 1.54) is 18.3 Å². The molecule has 3 aromatic heterocycles. The minimum atomic E-state index is -4.60. The van der Waals surface area contributed by atoms with Gasteiger partial charge in [0.15, 0.2) is 11.5 Å². The predicted molar refractivity (Wildman–Crippen MR) is 105 cm³/mol. The summed E-state index contributed by atoms with van der Waals surface area (Å²) in [6.07, 6.45) is -2.14. The second kappa shape index (κ2) is 6.97. The molecule has 0 radical (unpaired) electrons. The number of nitrogens with zero attached hydrogens (tertiary/aromatic N) is 5. The van der Waals surface area contributed by atoms with E-state index in [2.05, 4.69) is 30.6 Å². The van der Waals surface area contributed by atoms with E-state index in [0.717, 1.165) is 29.1 Å². The molecule has 162 valence electrons. The Morgan fingerprint density at radius 2 is 1.81 bits per heavy atom. The number of rotatable bonds is 2. The largest absolute Gasteiger partial charge is 0.435 e. The Morgan fingerprint density at radius 3 is 2.50 bits per heavy atom. The van der Waals surface area contributed by atoms with Crippen LogP contribution in [0.1, 0.15) is 17.0 Å². The van der Waals surface area contributed by atoms with Crippen LogP contribution in [0.25, 0.3) is 17.1 Å². The summed E-state index contributed by atoms with van der Waals surface area (Å²) in [5, 5.41) is 13.3. The number of hydrogen-bond acceptors (Lipinski definition) is 5. The van der Waals surface area contributed by atoms with Gasteiger partial charge in [-0.05, 0) is 31.2 Å². The Balaban J connectivity index is 1.66. The van der Waals surface area contributed by atoms with Gasteiger partial charge in [-0.15, -0.1) is 0 Å². The number of aryl methyl sites for hydroxylation is 1. The topological polar surface area (TPSA) is 83.8 Å². The molecule has 0 amide bonds. The maximum absolute atomic E-state index is 14.4. The van der Waals surface area contributed by atoms with Crippen molar-refractivity contribution in [1.82, 2.24) is 25.0 Å². The van der Waals surface area contributed by atoms with Crippen LogP contribution in [0.3, 0.4) is 0 Å². The van der Waals surface area contributed by atoms with Crippen LogP contribution < -0.4 is 5.32 Å². The quantitative estimate of drug-likeness (QED) is 0.436. The van der Waals surface area contributed by atoms with Gasteiger partial charge in [-0.25, -0.2) is 23.4 Å². The van der Waals surface area contributed by atoms with Crippen LogP contribution in [-0.4, -0.2) is 30.8 Å². The Labute approximate surface area is 176 Å². The van der Waals surface area contributed by atoms with E-state index in [9.17, 15) is 22.0 Å². The van der Waals surface area contributed by atoms with Crippen molar-refractivity contribution in [2.24, 2.45) is 4.99 Å². The number of alkyl halides is 3. The van der Waals surface area contributed by atoms with Gasteiger partial charge in [-0.2, -0.15) is 23.4 Å². The van der Waals surface area contributed by atoms with Crippen molar-refractivity contribution in [3.05, 3.63) is 71.3 Å². The first-order valence-corrected chi connectivity index (χ1v) is 9.21. The number of anilines is 1. The Hall–Kier alpha value is -4.09. The Kier molecular flexibility index (Phi) is 4.32. The van der Waals surface area contributed by atoms with Gasteiger partial charge in [-0.1, -0.05) is 6.07 Å². The average Bonchev–Trinajstić information content (AvgIpc) is 3.32. The van der Waals surface area contributed by atoms with E-state index in [1.54, 1.807) is 6.92 Å². The van der Waals surface area contributed by atoms with E-state index < -0.39 is 23.5 Å². The monoisotopic (exact) mass is 445 g/mol. The minimum absolute atomic E-state index is 0.0970. The van der Waals surface area contributed by atoms with Gasteiger partial charge in [-0.3, -0.25) is 5.10 Å². The molecule has 0 atom stereocenters. The lowest BCUT2D eigenvalue weighted by atomic mass is 10.1. The van der Waals surface area contributed by atoms with Crippen LogP contribution in [0.5, 0.6) is 0 Å². The summed E-state index contributed by atoms with van der Waals surface area (Å²) < 4.78 is 68.6. The second-order valence-electron chi connectivity index (χ2n) is 6.95. The van der Waals surface area contributed by atoms with E-state index in [4.69, 9.17) is 0 Å². The standard InChI is InChI=1S/C20H12F5N7/c1-9-17-18(30-29-9)10-7-15(32-6-5-14(31-32)20(23,24)25)26-8-13(10)27-19(28-17)16-11(21)3-2-4-12(16)22/h2-8H,1H3,(H,27,28)(H,29,30). The van der Waals surface area contributed by atoms with E-state index in [0.29, 0.717) is 28.3 Å². The number of aromatic nitrogens is 5. The molecule has 0 bridgehead atoms. The normalized spacial score (nSPS) is 13.1. The summed E-state index contributed by atoms with van der Waals surface area (Å²) in [5.74, 6) is -1.63. The number of H-pyrrole nitrogens is 1. The second-order valence-corrected chi connectivity index (χ2v) is 6.95. The molecule has 4 aromatic rings. The number of halogens is 5. The van der Waals surface area contributed by atoms with E-state index >= 15 is 0 Å².